The van der Waals surface area contributed by atoms with Crippen molar-refractivity contribution in [2.45, 2.75) is 58.0 Å². The molecule has 0 unspecified atom stereocenters. The van der Waals surface area contributed by atoms with Gasteiger partial charge in [-0.3, -0.25) is 9.69 Å². The molecule has 2 fully saturated rings. The number of likely N-dealkylation sites (tertiary alicyclic amines) is 1. The molecule has 0 aromatic carbocycles. The van der Waals surface area contributed by atoms with Gasteiger partial charge in [-0.25, -0.2) is 4.98 Å². The molecule has 132 valence electrons. The number of carbonyl (C=O) groups excluding carboxylic acids is 1. The summed E-state index contributed by atoms with van der Waals surface area (Å²) in [5.74, 6) is 1.30. The first-order valence-corrected chi connectivity index (χ1v) is 9.40. The number of likely N-dealkylation sites (N-methyl/N-ethyl adjacent to an activating group) is 1. The van der Waals surface area contributed by atoms with Crippen LogP contribution in [-0.2, 0) is 4.79 Å². The highest BCUT2D eigenvalue weighted by molar-refractivity contribution is 5.82. The highest BCUT2D eigenvalue weighted by atomic mass is 16.2. The van der Waals surface area contributed by atoms with Crippen molar-refractivity contribution in [2.24, 2.45) is 0 Å². The van der Waals surface area contributed by atoms with Crippen LogP contribution >= 0.6 is 0 Å². The van der Waals surface area contributed by atoms with Crippen LogP contribution in [-0.4, -0.2) is 54.1 Å². The summed E-state index contributed by atoms with van der Waals surface area (Å²) in [5.41, 5.74) is 1.06. The summed E-state index contributed by atoms with van der Waals surface area (Å²) in [6.45, 7) is 8.13. The van der Waals surface area contributed by atoms with Crippen molar-refractivity contribution in [1.29, 1.82) is 0 Å². The van der Waals surface area contributed by atoms with Crippen molar-refractivity contribution >= 4 is 11.7 Å². The normalized spacial score (nSPS) is 23.2. The van der Waals surface area contributed by atoms with Gasteiger partial charge in [-0.15, -0.1) is 0 Å². The molecule has 24 heavy (non-hydrogen) atoms. The zero-order valence-electron chi connectivity index (χ0n) is 15.0. The van der Waals surface area contributed by atoms with E-state index in [1.54, 1.807) is 0 Å². The fourth-order valence-corrected chi connectivity index (χ4v) is 3.92. The average Bonchev–Trinajstić information content (AvgIpc) is 2.62. The van der Waals surface area contributed by atoms with Gasteiger partial charge in [0.25, 0.3) is 0 Å². The minimum Gasteiger partial charge on any atom is -0.356 e. The summed E-state index contributed by atoms with van der Waals surface area (Å²) in [5, 5.41) is 3.31. The first-order chi connectivity index (χ1) is 11.7. The molecule has 2 saturated heterocycles. The molecule has 2 aliphatic heterocycles. The minimum absolute atomic E-state index is 0.0835. The Kier molecular flexibility index (Phi) is 5.72. The van der Waals surface area contributed by atoms with Crippen LogP contribution < -0.4 is 10.2 Å². The maximum atomic E-state index is 12.7. The van der Waals surface area contributed by atoms with Crippen molar-refractivity contribution in [1.82, 2.24) is 15.2 Å². The number of pyridine rings is 1. The maximum Gasteiger partial charge on any atom is 0.237 e. The molecule has 3 rings (SSSR count). The maximum absolute atomic E-state index is 12.7. The lowest BCUT2D eigenvalue weighted by molar-refractivity contribution is -0.128. The van der Waals surface area contributed by atoms with Crippen LogP contribution in [0.25, 0.3) is 0 Å². The SMILES string of the molecule is CCN1CCCC[C@@H]1C(=O)NC1CCN(c2cccc(C)n2)CC1. The Bertz CT molecular complexity index is 554. The largest absolute Gasteiger partial charge is 0.356 e. The standard InChI is InChI=1S/C19H30N4O/c1-3-22-12-5-4-8-17(22)19(24)21-16-10-13-23(14-11-16)18-9-6-7-15(2)20-18/h6-7,9,16-17H,3-5,8,10-14H2,1-2H3,(H,21,24)/t17-/m1/s1. The van der Waals surface area contributed by atoms with E-state index in [0.29, 0.717) is 6.04 Å². The number of anilines is 1. The highest BCUT2D eigenvalue weighted by Gasteiger charge is 2.30. The predicted molar refractivity (Wildman–Crippen MR) is 97.2 cm³/mol. The Morgan fingerprint density at radius 1 is 1.21 bits per heavy atom. The lowest BCUT2D eigenvalue weighted by Crippen LogP contribution is -2.53. The first kappa shape index (κ1) is 17.2. The van der Waals surface area contributed by atoms with Crippen LogP contribution in [0.5, 0.6) is 0 Å². The number of aromatic nitrogens is 1. The zero-order valence-corrected chi connectivity index (χ0v) is 15.0. The summed E-state index contributed by atoms with van der Waals surface area (Å²) >= 11 is 0. The Hall–Kier alpha value is -1.62. The van der Waals surface area contributed by atoms with Crippen LogP contribution in [0.4, 0.5) is 5.82 Å². The van der Waals surface area contributed by atoms with Gasteiger partial charge in [0, 0.05) is 24.8 Å². The number of amides is 1. The third-order valence-electron chi connectivity index (χ3n) is 5.36. The Labute approximate surface area is 145 Å². The second kappa shape index (κ2) is 7.97. The van der Waals surface area contributed by atoms with Crippen LogP contribution in [0.3, 0.4) is 0 Å². The van der Waals surface area contributed by atoms with Gasteiger partial charge in [-0.2, -0.15) is 0 Å². The molecule has 1 amide bonds. The van der Waals surface area contributed by atoms with Crippen molar-refractivity contribution in [3.8, 4) is 0 Å². The molecule has 1 N–H and O–H groups in total. The minimum atomic E-state index is 0.0835. The van der Waals surface area contributed by atoms with Crippen molar-refractivity contribution in [3.63, 3.8) is 0 Å². The molecule has 0 saturated carbocycles. The van der Waals surface area contributed by atoms with E-state index in [-0.39, 0.29) is 11.9 Å². The van der Waals surface area contributed by atoms with Crippen LogP contribution in [0.1, 0.15) is 44.7 Å². The number of aryl methyl sites for hydroxylation is 1. The van der Waals surface area contributed by atoms with Gasteiger partial charge in [-0.1, -0.05) is 19.4 Å². The quantitative estimate of drug-likeness (QED) is 0.921. The Balaban J connectivity index is 1.50. The van der Waals surface area contributed by atoms with E-state index >= 15 is 0 Å². The van der Waals surface area contributed by atoms with Gasteiger partial charge in [0.15, 0.2) is 0 Å². The molecule has 2 aliphatic rings. The number of nitrogens with one attached hydrogen (secondary N) is 1. The predicted octanol–water partition coefficient (Wildman–Crippen LogP) is 2.35. The van der Waals surface area contributed by atoms with Gasteiger partial charge in [-0.05, 0) is 57.8 Å². The number of carbonyl (C=O) groups is 1. The molecule has 1 aromatic heterocycles. The summed E-state index contributed by atoms with van der Waals surface area (Å²) in [4.78, 5) is 21.9. The van der Waals surface area contributed by atoms with E-state index in [0.717, 1.165) is 57.0 Å². The third-order valence-corrected chi connectivity index (χ3v) is 5.36. The fourth-order valence-electron chi connectivity index (χ4n) is 3.92. The van der Waals surface area contributed by atoms with E-state index in [4.69, 9.17) is 0 Å². The second-order valence-electron chi connectivity index (χ2n) is 7.05. The van der Waals surface area contributed by atoms with Crippen molar-refractivity contribution in [2.75, 3.05) is 31.1 Å². The van der Waals surface area contributed by atoms with Gasteiger partial charge >= 0.3 is 0 Å². The van der Waals surface area contributed by atoms with Crippen molar-refractivity contribution in [3.05, 3.63) is 23.9 Å². The smallest absolute Gasteiger partial charge is 0.237 e. The highest BCUT2D eigenvalue weighted by Crippen LogP contribution is 2.20. The zero-order chi connectivity index (χ0) is 16.9. The summed E-state index contributed by atoms with van der Waals surface area (Å²) in [7, 11) is 0. The topological polar surface area (TPSA) is 48.5 Å². The molecular weight excluding hydrogens is 300 g/mol. The van der Waals surface area contributed by atoms with Gasteiger partial charge in [0.05, 0.1) is 6.04 Å². The number of hydrogen-bond acceptors (Lipinski definition) is 4. The average molecular weight is 330 g/mol. The first-order valence-electron chi connectivity index (χ1n) is 9.40. The molecule has 3 heterocycles. The summed E-state index contributed by atoms with van der Waals surface area (Å²) in [6, 6.07) is 6.56. The molecular formula is C19H30N4O. The monoisotopic (exact) mass is 330 g/mol. The van der Waals surface area contributed by atoms with Gasteiger partial charge in [0.2, 0.25) is 5.91 Å². The molecule has 5 heteroatoms. The molecule has 1 aromatic rings. The molecule has 0 aliphatic carbocycles. The number of hydrogen-bond donors (Lipinski definition) is 1. The van der Waals surface area contributed by atoms with Gasteiger partial charge in [0.1, 0.15) is 5.82 Å². The molecule has 0 radical (unpaired) electrons. The molecule has 5 nitrogen and oxygen atoms in total. The van der Waals surface area contributed by atoms with Gasteiger partial charge < -0.3 is 10.2 Å². The summed E-state index contributed by atoms with van der Waals surface area (Å²) in [6.07, 6.45) is 5.40. The summed E-state index contributed by atoms with van der Waals surface area (Å²) < 4.78 is 0. The molecule has 0 spiro atoms. The molecule has 1 atom stereocenters. The number of nitrogens with zero attached hydrogens (tertiary/aromatic N) is 3. The van der Waals surface area contributed by atoms with E-state index in [1.165, 1.54) is 12.8 Å². The molecule has 0 bridgehead atoms. The van der Waals surface area contributed by atoms with E-state index in [9.17, 15) is 4.79 Å². The Morgan fingerprint density at radius 2 is 2.00 bits per heavy atom. The second-order valence-corrected chi connectivity index (χ2v) is 7.05. The third kappa shape index (κ3) is 4.07. The number of piperidine rings is 2. The van der Waals surface area contributed by atoms with Crippen LogP contribution in [0.15, 0.2) is 18.2 Å². The van der Waals surface area contributed by atoms with Crippen LogP contribution in [0, 0.1) is 6.92 Å². The van der Waals surface area contributed by atoms with Crippen molar-refractivity contribution < 1.29 is 4.79 Å². The lowest BCUT2D eigenvalue weighted by atomic mass is 9.99. The van der Waals surface area contributed by atoms with E-state index < -0.39 is 0 Å². The fraction of sp³-hybridized carbons (Fsp3) is 0.684. The van der Waals surface area contributed by atoms with E-state index in [1.807, 2.05) is 13.0 Å². The number of rotatable bonds is 4. The van der Waals surface area contributed by atoms with Crippen LogP contribution in [0.2, 0.25) is 0 Å². The lowest BCUT2D eigenvalue weighted by Gasteiger charge is -2.37. The Morgan fingerprint density at radius 3 is 2.71 bits per heavy atom. The van der Waals surface area contributed by atoms with E-state index in [2.05, 4.69) is 39.2 Å².